The Morgan fingerprint density at radius 3 is 2.95 bits per heavy atom. The fourth-order valence-corrected chi connectivity index (χ4v) is 2.79. The highest BCUT2D eigenvalue weighted by Crippen LogP contribution is 2.35. The lowest BCUT2D eigenvalue weighted by Crippen LogP contribution is -2.15. The molecule has 0 radical (unpaired) electrons. The largest absolute Gasteiger partial charge is 0.330 e. The van der Waals surface area contributed by atoms with E-state index in [9.17, 15) is 0 Å². The molecule has 1 aliphatic carbocycles. The zero-order chi connectivity index (χ0) is 14.1. The first-order valence-electron chi connectivity index (χ1n) is 7.46. The van der Waals surface area contributed by atoms with Crippen LogP contribution in [0.4, 0.5) is 0 Å². The van der Waals surface area contributed by atoms with Gasteiger partial charge < -0.3 is 9.88 Å². The Hall–Kier alpha value is -2.20. The molecule has 1 saturated carbocycles. The van der Waals surface area contributed by atoms with Gasteiger partial charge in [0.1, 0.15) is 0 Å². The maximum Gasteiger partial charge on any atom is 0.0951 e. The first-order valence-corrected chi connectivity index (χ1v) is 7.46. The molecular formula is C17H18N4. The molecule has 2 heterocycles. The number of pyridine rings is 1. The summed E-state index contributed by atoms with van der Waals surface area (Å²) in [6.07, 6.45) is 8.35. The molecule has 4 heteroatoms. The van der Waals surface area contributed by atoms with Crippen LogP contribution in [0.25, 0.3) is 10.9 Å². The normalized spacial score (nSPS) is 14.7. The van der Waals surface area contributed by atoms with Crippen LogP contribution >= 0.6 is 0 Å². The second-order valence-corrected chi connectivity index (χ2v) is 5.62. The number of hydrogen-bond acceptors (Lipinski definition) is 3. The molecule has 4 rings (SSSR count). The van der Waals surface area contributed by atoms with E-state index >= 15 is 0 Å². The van der Waals surface area contributed by atoms with Gasteiger partial charge in [-0.15, -0.1) is 0 Å². The minimum absolute atomic E-state index is 0.684. The van der Waals surface area contributed by atoms with Crippen molar-refractivity contribution in [2.75, 3.05) is 0 Å². The van der Waals surface area contributed by atoms with Gasteiger partial charge in [-0.2, -0.15) is 0 Å². The van der Waals surface area contributed by atoms with Gasteiger partial charge in [0.05, 0.1) is 17.5 Å². The summed E-state index contributed by atoms with van der Waals surface area (Å²) in [6.45, 7) is 1.67. The van der Waals surface area contributed by atoms with Gasteiger partial charge >= 0.3 is 0 Å². The number of para-hydroxylation sites is 1. The lowest BCUT2D eigenvalue weighted by atomic mass is 10.1. The standard InChI is InChI=1S/C17H18N4/c1-3-13-5-2-8-20-17(13)14(4-1)9-18-10-16-11-19-12-21(16)15-6-7-15/h1-5,8,11-12,15,18H,6-7,9-10H2. The fourth-order valence-electron chi connectivity index (χ4n) is 2.79. The molecule has 0 saturated heterocycles. The maximum absolute atomic E-state index is 4.50. The van der Waals surface area contributed by atoms with Gasteiger partial charge in [-0.05, 0) is 24.5 Å². The Labute approximate surface area is 123 Å². The van der Waals surface area contributed by atoms with Crippen LogP contribution in [0.5, 0.6) is 0 Å². The van der Waals surface area contributed by atoms with E-state index in [4.69, 9.17) is 0 Å². The minimum atomic E-state index is 0.684. The Morgan fingerprint density at radius 1 is 1.14 bits per heavy atom. The summed E-state index contributed by atoms with van der Waals surface area (Å²) in [7, 11) is 0. The Bertz CT molecular complexity index is 753. The number of aromatic nitrogens is 3. The van der Waals surface area contributed by atoms with E-state index in [1.807, 2.05) is 24.8 Å². The average Bonchev–Trinajstić information content (AvgIpc) is 3.27. The highest BCUT2D eigenvalue weighted by Gasteiger charge is 2.24. The van der Waals surface area contributed by atoms with Gasteiger partial charge in [-0.1, -0.05) is 24.3 Å². The van der Waals surface area contributed by atoms with Crippen molar-refractivity contribution in [3.8, 4) is 0 Å². The van der Waals surface area contributed by atoms with Crippen LogP contribution in [0.15, 0.2) is 49.1 Å². The number of hydrogen-bond donors (Lipinski definition) is 1. The third kappa shape index (κ3) is 2.54. The molecule has 1 aliphatic rings. The topological polar surface area (TPSA) is 42.7 Å². The van der Waals surface area contributed by atoms with Crippen molar-refractivity contribution < 1.29 is 0 Å². The molecule has 1 fully saturated rings. The molecule has 0 unspecified atom stereocenters. The first-order chi connectivity index (χ1) is 10.4. The number of imidazole rings is 1. The summed E-state index contributed by atoms with van der Waals surface area (Å²) in [4.78, 5) is 8.76. The minimum Gasteiger partial charge on any atom is -0.330 e. The SMILES string of the molecule is c1cnc2c(CNCc3cncn3C3CC3)cccc2c1. The van der Waals surface area contributed by atoms with Crippen LogP contribution in [0.3, 0.4) is 0 Å². The van der Waals surface area contributed by atoms with E-state index < -0.39 is 0 Å². The molecular weight excluding hydrogens is 260 g/mol. The van der Waals surface area contributed by atoms with Crippen LogP contribution in [0.2, 0.25) is 0 Å². The molecule has 1 N–H and O–H groups in total. The van der Waals surface area contributed by atoms with Crippen molar-refractivity contribution in [3.63, 3.8) is 0 Å². The van der Waals surface area contributed by atoms with Gasteiger partial charge in [-0.25, -0.2) is 4.98 Å². The van der Waals surface area contributed by atoms with Crippen molar-refractivity contribution >= 4 is 10.9 Å². The van der Waals surface area contributed by atoms with E-state index in [2.05, 4.69) is 44.1 Å². The second kappa shape index (κ2) is 5.30. The van der Waals surface area contributed by atoms with E-state index in [1.54, 1.807) is 0 Å². The van der Waals surface area contributed by atoms with Crippen LogP contribution in [-0.2, 0) is 13.1 Å². The molecule has 1 aromatic carbocycles. The van der Waals surface area contributed by atoms with Crippen molar-refractivity contribution in [1.29, 1.82) is 0 Å². The van der Waals surface area contributed by atoms with Gasteiger partial charge in [0.15, 0.2) is 0 Å². The number of fused-ring (bicyclic) bond motifs is 1. The Balaban J connectivity index is 1.47. The molecule has 0 bridgehead atoms. The quantitative estimate of drug-likeness (QED) is 0.780. The third-order valence-electron chi connectivity index (χ3n) is 4.02. The molecule has 0 spiro atoms. The first kappa shape index (κ1) is 12.5. The summed E-state index contributed by atoms with van der Waals surface area (Å²) in [5, 5.41) is 4.71. The van der Waals surface area contributed by atoms with Crippen LogP contribution in [-0.4, -0.2) is 14.5 Å². The zero-order valence-electron chi connectivity index (χ0n) is 11.9. The highest BCUT2D eigenvalue weighted by molar-refractivity contribution is 5.81. The molecule has 2 aromatic heterocycles. The summed E-state index contributed by atoms with van der Waals surface area (Å²) in [5.74, 6) is 0. The highest BCUT2D eigenvalue weighted by atomic mass is 15.1. The summed E-state index contributed by atoms with van der Waals surface area (Å²) in [5.41, 5.74) is 3.60. The Kier molecular flexibility index (Phi) is 3.16. The molecule has 0 amide bonds. The van der Waals surface area contributed by atoms with Crippen molar-refractivity contribution in [2.45, 2.75) is 32.0 Å². The molecule has 4 nitrogen and oxygen atoms in total. The van der Waals surface area contributed by atoms with Crippen molar-refractivity contribution in [1.82, 2.24) is 19.9 Å². The van der Waals surface area contributed by atoms with Gasteiger partial charge in [-0.3, -0.25) is 4.98 Å². The van der Waals surface area contributed by atoms with Crippen LogP contribution < -0.4 is 5.32 Å². The Morgan fingerprint density at radius 2 is 2.05 bits per heavy atom. The fraction of sp³-hybridized carbons (Fsp3) is 0.294. The van der Waals surface area contributed by atoms with Crippen molar-refractivity contribution in [3.05, 3.63) is 60.3 Å². The molecule has 0 aliphatic heterocycles. The summed E-state index contributed by atoms with van der Waals surface area (Å²) in [6, 6.07) is 11.1. The number of rotatable bonds is 5. The molecule has 3 aromatic rings. The lowest BCUT2D eigenvalue weighted by molar-refractivity contribution is 0.622. The predicted octanol–water partition coefficient (Wildman–Crippen LogP) is 3.06. The zero-order valence-corrected chi connectivity index (χ0v) is 11.9. The van der Waals surface area contributed by atoms with Crippen molar-refractivity contribution in [2.24, 2.45) is 0 Å². The third-order valence-corrected chi connectivity index (χ3v) is 4.02. The average molecular weight is 278 g/mol. The summed E-state index contributed by atoms with van der Waals surface area (Å²) >= 11 is 0. The summed E-state index contributed by atoms with van der Waals surface area (Å²) < 4.78 is 2.30. The lowest BCUT2D eigenvalue weighted by Gasteiger charge is -2.09. The smallest absolute Gasteiger partial charge is 0.0951 e. The second-order valence-electron chi connectivity index (χ2n) is 5.62. The molecule has 0 atom stereocenters. The van der Waals surface area contributed by atoms with Gasteiger partial charge in [0.2, 0.25) is 0 Å². The van der Waals surface area contributed by atoms with E-state index in [0.717, 1.165) is 18.6 Å². The van der Waals surface area contributed by atoms with Gasteiger partial charge in [0, 0.05) is 36.9 Å². The predicted molar refractivity (Wildman–Crippen MR) is 82.8 cm³/mol. The van der Waals surface area contributed by atoms with Crippen LogP contribution in [0.1, 0.15) is 30.1 Å². The van der Waals surface area contributed by atoms with Gasteiger partial charge in [0.25, 0.3) is 0 Å². The van der Waals surface area contributed by atoms with E-state index in [0.29, 0.717) is 6.04 Å². The number of benzene rings is 1. The van der Waals surface area contributed by atoms with E-state index in [-0.39, 0.29) is 0 Å². The van der Waals surface area contributed by atoms with Crippen LogP contribution in [0, 0.1) is 0 Å². The van der Waals surface area contributed by atoms with E-state index in [1.165, 1.54) is 29.5 Å². The maximum atomic E-state index is 4.50. The number of nitrogens with one attached hydrogen (secondary N) is 1. The molecule has 106 valence electrons. The number of nitrogens with zero attached hydrogens (tertiary/aromatic N) is 3. The monoisotopic (exact) mass is 278 g/mol. The molecule has 21 heavy (non-hydrogen) atoms.